The van der Waals surface area contributed by atoms with E-state index in [1.165, 1.54) is 0 Å². The number of urea groups is 1. The summed E-state index contributed by atoms with van der Waals surface area (Å²) in [6.45, 7) is -1.11. The van der Waals surface area contributed by atoms with Crippen molar-refractivity contribution < 1.29 is 24.4 Å². The Hall–Kier alpha value is -4.27. The van der Waals surface area contributed by atoms with E-state index >= 15 is 0 Å². The van der Waals surface area contributed by atoms with Gasteiger partial charge in [0.25, 0.3) is 6.54 Å². The van der Waals surface area contributed by atoms with Gasteiger partial charge in [0.15, 0.2) is 0 Å². The molecule has 0 aliphatic heterocycles. The zero-order valence-corrected chi connectivity index (χ0v) is 17.7. The largest absolute Gasteiger partial charge is 0.465 e. The quantitative estimate of drug-likeness (QED) is 0.380. The molecule has 3 aromatic rings. The number of imide groups is 1. The van der Waals surface area contributed by atoms with Crippen LogP contribution >= 0.6 is 0 Å². The molecule has 0 unspecified atom stereocenters. The lowest BCUT2D eigenvalue weighted by molar-refractivity contribution is -0.467. The molecule has 0 saturated carbocycles. The summed E-state index contributed by atoms with van der Waals surface area (Å²) >= 11 is 0. The van der Waals surface area contributed by atoms with E-state index in [1.807, 2.05) is 42.5 Å². The van der Waals surface area contributed by atoms with Gasteiger partial charge in [0.2, 0.25) is 5.78 Å². The Morgan fingerprint density at radius 1 is 0.939 bits per heavy atom. The molecule has 0 bridgehead atoms. The Kier molecular flexibility index (Phi) is 7.69. The van der Waals surface area contributed by atoms with Gasteiger partial charge in [-0.3, -0.25) is 14.9 Å². The van der Waals surface area contributed by atoms with Gasteiger partial charge < -0.3 is 10.4 Å². The summed E-state index contributed by atoms with van der Waals surface area (Å²) in [5.74, 6) is -0.808. The third kappa shape index (κ3) is 6.60. The highest BCUT2D eigenvalue weighted by atomic mass is 16.6. The molecule has 0 saturated heterocycles. The second kappa shape index (κ2) is 10.9. The second-order valence-electron chi connectivity index (χ2n) is 7.51. The van der Waals surface area contributed by atoms with Crippen molar-refractivity contribution in [1.29, 1.82) is 0 Å². The molecular formula is C24H23N3O6. The minimum absolute atomic E-state index is 0.0113. The van der Waals surface area contributed by atoms with E-state index < -0.39 is 35.4 Å². The number of fused-ring (bicyclic) bond motifs is 1. The zero-order valence-electron chi connectivity index (χ0n) is 17.7. The van der Waals surface area contributed by atoms with Crippen molar-refractivity contribution in [2.24, 2.45) is 0 Å². The van der Waals surface area contributed by atoms with E-state index in [1.54, 1.807) is 30.3 Å². The monoisotopic (exact) mass is 449 g/mol. The SMILES string of the molecule is O=C(C[N+](=O)[O-])[C@H](Cc1ccccc1)NC(=O)N(CCc1ccc2ccccc2c1)C(=O)O. The first-order valence-corrected chi connectivity index (χ1v) is 10.3. The molecule has 0 aliphatic carbocycles. The van der Waals surface area contributed by atoms with Crippen LogP contribution in [0.5, 0.6) is 0 Å². The first-order chi connectivity index (χ1) is 15.8. The number of nitrogens with zero attached hydrogens (tertiary/aromatic N) is 2. The van der Waals surface area contributed by atoms with Crippen molar-refractivity contribution in [2.75, 3.05) is 13.1 Å². The van der Waals surface area contributed by atoms with E-state index in [9.17, 15) is 29.6 Å². The Labute approximate surface area is 189 Å². The number of hydrogen-bond acceptors (Lipinski definition) is 5. The normalized spacial score (nSPS) is 11.5. The van der Waals surface area contributed by atoms with Gasteiger partial charge in [-0.1, -0.05) is 72.8 Å². The predicted molar refractivity (Wildman–Crippen MR) is 122 cm³/mol. The summed E-state index contributed by atoms with van der Waals surface area (Å²) < 4.78 is 0. The molecule has 9 nitrogen and oxygen atoms in total. The molecule has 0 aliphatic rings. The Balaban J connectivity index is 1.71. The molecule has 170 valence electrons. The van der Waals surface area contributed by atoms with Crippen molar-refractivity contribution in [3.63, 3.8) is 0 Å². The standard InChI is InChI=1S/C24H23N3O6/c28-22(16-27(32)33)21(15-17-6-2-1-3-7-17)25-23(29)26(24(30)31)13-12-18-10-11-19-8-4-5-9-20(19)14-18/h1-11,14,21H,12-13,15-16H2,(H,25,29)(H,30,31)/t21-/m0/s1. The Bertz CT molecular complexity index is 1170. The summed E-state index contributed by atoms with van der Waals surface area (Å²) in [6, 6.07) is 19.9. The van der Waals surface area contributed by atoms with E-state index in [4.69, 9.17) is 0 Å². The summed E-state index contributed by atoms with van der Waals surface area (Å²) in [5.41, 5.74) is 1.52. The number of hydrogen-bond donors (Lipinski definition) is 2. The summed E-state index contributed by atoms with van der Waals surface area (Å²) in [6.07, 6.45) is -1.19. The fourth-order valence-corrected chi connectivity index (χ4v) is 3.48. The van der Waals surface area contributed by atoms with Gasteiger partial charge in [-0.05, 0) is 28.3 Å². The molecule has 0 spiro atoms. The van der Waals surface area contributed by atoms with Crippen LogP contribution in [-0.4, -0.2) is 52.0 Å². The van der Waals surface area contributed by atoms with Gasteiger partial charge in [0, 0.05) is 17.9 Å². The first kappa shape index (κ1) is 23.4. The number of carboxylic acid groups (broad SMARTS) is 1. The zero-order chi connectivity index (χ0) is 23.8. The smallest absolute Gasteiger partial charge is 0.415 e. The van der Waals surface area contributed by atoms with Crippen LogP contribution in [0.25, 0.3) is 10.8 Å². The van der Waals surface area contributed by atoms with Crippen molar-refractivity contribution >= 4 is 28.7 Å². The van der Waals surface area contributed by atoms with Gasteiger partial charge in [0.05, 0.1) is 0 Å². The maximum atomic E-state index is 12.7. The van der Waals surface area contributed by atoms with Crippen LogP contribution in [0.3, 0.4) is 0 Å². The molecule has 0 aromatic heterocycles. The number of Topliss-reactive ketones (excluding diaryl/α,β-unsaturated/α-hetero) is 1. The number of nitro groups is 1. The molecule has 3 rings (SSSR count). The fraction of sp³-hybridized carbons (Fsp3) is 0.208. The molecule has 33 heavy (non-hydrogen) atoms. The molecule has 1 atom stereocenters. The van der Waals surface area contributed by atoms with Crippen molar-refractivity contribution in [3.8, 4) is 0 Å². The van der Waals surface area contributed by atoms with Crippen LogP contribution in [0.2, 0.25) is 0 Å². The van der Waals surface area contributed by atoms with Crippen LogP contribution in [0, 0.1) is 10.1 Å². The number of rotatable bonds is 9. The molecule has 2 N–H and O–H groups in total. The average molecular weight is 449 g/mol. The predicted octanol–water partition coefficient (Wildman–Crippen LogP) is 3.53. The van der Waals surface area contributed by atoms with Gasteiger partial charge in [-0.25, -0.2) is 14.5 Å². The van der Waals surface area contributed by atoms with Crippen LogP contribution < -0.4 is 5.32 Å². The molecule has 0 heterocycles. The third-order valence-corrected chi connectivity index (χ3v) is 5.17. The van der Waals surface area contributed by atoms with Crippen molar-refractivity contribution in [2.45, 2.75) is 18.9 Å². The lowest BCUT2D eigenvalue weighted by Gasteiger charge is -2.22. The maximum absolute atomic E-state index is 12.7. The number of carbonyl (C=O) groups is 3. The van der Waals surface area contributed by atoms with Crippen LogP contribution in [0.15, 0.2) is 72.8 Å². The highest BCUT2D eigenvalue weighted by Crippen LogP contribution is 2.16. The minimum Gasteiger partial charge on any atom is -0.465 e. The molecular weight excluding hydrogens is 426 g/mol. The highest BCUT2D eigenvalue weighted by molar-refractivity contribution is 5.94. The van der Waals surface area contributed by atoms with Gasteiger partial charge >= 0.3 is 12.1 Å². The van der Waals surface area contributed by atoms with E-state index in [0.29, 0.717) is 10.5 Å². The van der Waals surface area contributed by atoms with Crippen LogP contribution in [0.4, 0.5) is 9.59 Å². The number of benzene rings is 3. The average Bonchev–Trinajstić information content (AvgIpc) is 2.78. The van der Waals surface area contributed by atoms with Crippen LogP contribution in [-0.2, 0) is 17.6 Å². The Morgan fingerprint density at radius 3 is 2.27 bits per heavy atom. The van der Waals surface area contributed by atoms with Crippen LogP contribution in [0.1, 0.15) is 11.1 Å². The number of nitrogens with one attached hydrogen (secondary N) is 1. The lowest BCUT2D eigenvalue weighted by Crippen LogP contribution is -2.52. The molecule has 9 heteroatoms. The minimum atomic E-state index is -1.48. The molecule has 0 fully saturated rings. The highest BCUT2D eigenvalue weighted by Gasteiger charge is 2.29. The number of amides is 3. The van der Waals surface area contributed by atoms with Crippen molar-refractivity contribution in [3.05, 3.63) is 94.0 Å². The summed E-state index contributed by atoms with van der Waals surface area (Å²) in [4.78, 5) is 47.4. The topological polar surface area (TPSA) is 130 Å². The van der Waals surface area contributed by atoms with Crippen molar-refractivity contribution in [1.82, 2.24) is 10.2 Å². The maximum Gasteiger partial charge on any atom is 0.415 e. The summed E-state index contributed by atoms with van der Waals surface area (Å²) in [5, 5.41) is 24.8. The first-order valence-electron chi connectivity index (χ1n) is 10.3. The van der Waals surface area contributed by atoms with Gasteiger partial charge in [-0.2, -0.15) is 0 Å². The second-order valence-corrected chi connectivity index (χ2v) is 7.51. The Morgan fingerprint density at radius 2 is 1.61 bits per heavy atom. The molecule has 3 aromatic carbocycles. The van der Waals surface area contributed by atoms with E-state index in [0.717, 1.165) is 16.3 Å². The van der Waals surface area contributed by atoms with E-state index in [2.05, 4.69) is 5.32 Å². The van der Waals surface area contributed by atoms with Gasteiger partial charge in [-0.15, -0.1) is 0 Å². The molecule has 0 radical (unpaired) electrons. The lowest BCUT2D eigenvalue weighted by atomic mass is 10.0. The van der Waals surface area contributed by atoms with Gasteiger partial charge in [0.1, 0.15) is 6.04 Å². The van der Waals surface area contributed by atoms with E-state index in [-0.39, 0.29) is 19.4 Å². The number of carbonyl (C=O) groups excluding carboxylic acids is 2. The summed E-state index contributed by atoms with van der Waals surface area (Å²) in [7, 11) is 0. The fourth-order valence-electron chi connectivity index (χ4n) is 3.48. The third-order valence-electron chi connectivity index (χ3n) is 5.17. The molecule has 3 amide bonds. The number of ketones is 1.